The lowest BCUT2D eigenvalue weighted by molar-refractivity contribution is 1.28. The first-order valence-corrected chi connectivity index (χ1v) is 21.8. The lowest BCUT2D eigenvalue weighted by Gasteiger charge is -2.26. The quantitative estimate of drug-likeness (QED) is 0.0894. The van der Waals surface area contributed by atoms with Gasteiger partial charge in [-0.25, -0.2) is 0 Å². The largest absolute Gasteiger partial charge is 0.311 e. The fourth-order valence-corrected chi connectivity index (χ4v) is 8.00. The standard InChI is InChI=1S/C59H46N2.C3H6/c1-3-44(4-2)47-24-34-57(35-25-47)61(58-36-26-50(27-37-58)46-16-10-6-11-17-46)59-42-32-53(33-43-59)52-30-40-56(41-31-52)60(54-18-12-7-13-19-54)55-38-28-51(29-39-55)49-22-20-48(21-23-49)45-14-8-5-9-15-45;1-3-2/h3-43H,1H2,2H3;3H,1H2,2H3/b44-4+;. The summed E-state index contributed by atoms with van der Waals surface area (Å²) in [5.74, 6) is 0. The minimum Gasteiger partial charge on any atom is -0.311 e. The predicted molar refractivity (Wildman–Crippen MR) is 277 cm³/mol. The minimum atomic E-state index is 1.08. The summed E-state index contributed by atoms with van der Waals surface area (Å²) in [4.78, 5) is 4.63. The summed E-state index contributed by atoms with van der Waals surface area (Å²) < 4.78 is 0. The summed E-state index contributed by atoms with van der Waals surface area (Å²) in [5, 5.41) is 0. The molecular formula is C62H52N2. The summed E-state index contributed by atoms with van der Waals surface area (Å²) in [7, 11) is 0. The van der Waals surface area contributed by atoms with Gasteiger partial charge in [0, 0.05) is 34.1 Å². The number of hydrogen-bond acceptors (Lipinski definition) is 2. The highest BCUT2D eigenvalue weighted by molar-refractivity contribution is 5.83. The van der Waals surface area contributed by atoms with Gasteiger partial charge in [0.15, 0.2) is 0 Å². The van der Waals surface area contributed by atoms with E-state index in [0.29, 0.717) is 0 Å². The Bertz CT molecular complexity index is 2900. The molecule has 0 saturated heterocycles. The second kappa shape index (κ2) is 20.6. The van der Waals surface area contributed by atoms with Crippen LogP contribution in [0.1, 0.15) is 19.4 Å². The molecule has 0 aromatic heterocycles. The average molecular weight is 825 g/mol. The molecule has 0 bridgehead atoms. The van der Waals surface area contributed by atoms with Crippen LogP contribution in [0.3, 0.4) is 0 Å². The number of benzene rings is 9. The summed E-state index contributed by atoms with van der Waals surface area (Å²) in [6.07, 6.45) is 5.75. The molecule has 0 spiro atoms. The zero-order chi connectivity index (χ0) is 44.1. The Labute approximate surface area is 379 Å². The van der Waals surface area contributed by atoms with E-state index in [0.717, 1.165) is 56.4 Å². The lowest BCUT2D eigenvalue weighted by atomic mass is 10.00. The highest BCUT2D eigenvalue weighted by Crippen LogP contribution is 2.39. The minimum absolute atomic E-state index is 1.08. The third-order valence-electron chi connectivity index (χ3n) is 11.3. The van der Waals surface area contributed by atoms with Gasteiger partial charge in [-0.1, -0.05) is 189 Å². The Morgan fingerprint density at radius 1 is 0.297 bits per heavy atom. The third kappa shape index (κ3) is 9.79. The molecular weight excluding hydrogens is 773 g/mol. The van der Waals surface area contributed by atoms with Crippen molar-refractivity contribution < 1.29 is 0 Å². The summed E-state index contributed by atoms with van der Waals surface area (Å²) in [6.45, 7) is 11.3. The van der Waals surface area contributed by atoms with Crippen molar-refractivity contribution in [2.24, 2.45) is 0 Å². The van der Waals surface area contributed by atoms with Crippen LogP contribution in [-0.4, -0.2) is 0 Å². The number of anilines is 6. The molecule has 0 atom stereocenters. The van der Waals surface area contributed by atoms with Crippen LogP contribution in [0.15, 0.2) is 268 Å². The van der Waals surface area contributed by atoms with Crippen LogP contribution in [0.4, 0.5) is 34.1 Å². The fraction of sp³-hybridized carbons (Fsp3) is 0.0323. The van der Waals surface area contributed by atoms with Crippen molar-refractivity contribution in [2.75, 3.05) is 9.80 Å². The van der Waals surface area contributed by atoms with Gasteiger partial charge in [-0.05, 0) is 142 Å². The van der Waals surface area contributed by atoms with Crippen molar-refractivity contribution in [1.29, 1.82) is 0 Å². The van der Waals surface area contributed by atoms with E-state index < -0.39 is 0 Å². The van der Waals surface area contributed by atoms with Crippen molar-refractivity contribution in [3.05, 3.63) is 274 Å². The van der Waals surface area contributed by atoms with E-state index in [4.69, 9.17) is 0 Å². The van der Waals surface area contributed by atoms with Gasteiger partial charge < -0.3 is 9.80 Å². The van der Waals surface area contributed by atoms with Crippen molar-refractivity contribution >= 4 is 39.7 Å². The molecule has 2 nitrogen and oxygen atoms in total. The van der Waals surface area contributed by atoms with Gasteiger partial charge in [-0.3, -0.25) is 0 Å². The molecule has 0 N–H and O–H groups in total. The molecule has 0 radical (unpaired) electrons. The third-order valence-corrected chi connectivity index (χ3v) is 11.3. The topological polar surface area (TPSA) is 6.48 Å². The van der Waals surface area contributed by atoms with Gasteiger partial charge in [0.1, 0.15) is 0 Å². The Morgan fingerprint density at radius 2 is 0.516 bits per heavy atom. The zero-order valence-electron chi connectivity index (χ0n) is 36.6. The Hall–Kier alpha value is -8.20. The maximum absolute atomic E-state index is 4.01. The molecule has 0 unspecified atom stereocenters. The van der Waals surface area contributed by atoms with Crippen molar-refractivity contribution in [2.45, 2.75) is 13.8 Å². The Kier molecular flexibility index (Phi) is 13.7. The number of nitrogens with zero attached hydrogens (tertiary/aromatic N) is 2. The number of rotatable bonds is 12. The first kappa shape index (κ1) is 42.5. The first-order chi connectivity index (χ1) is 31.6. The van der Waals surface area contributed by atoms with Crippen LogP contribution < -0.4 is 9.80 Å². The Morgan fingerprint density at radius 3 is 0.781 bits per heavy atom. The molecule has 9 aromatic rings. The number of hydrogen-bond donors (Lipinski definition) is 0. The highest BCUT2D eigenvalue weighted by Gasteiger charge is 2.16. The van der Waals surface area contributed by atoms with Crippen LogP contribution in [0.5, 0.6) is 0 Å². The second-order valence-electron chi connectivity index (χ2n) is 15.4. The van der Waals surface area contributed by atoms with Gasteiger partial charge in [-0.2, -0.15) is 0 Å². The van der Waals surface area contributed by atoms with Crippen LogP contribution in [0, 0.1) is 0 Å². The van der Waals surface area contributed by atoms with Gasteiger partial charge in [-0.15, -0.1) is 6.58 Å². The molecule has 2 heteroatoms. The predicted octanol–water partition coefficient (Wildman–Crippen LogP) is 18.1. The van der Waals surface area contributed by atoms with Crippen molar-refractivity contribution in [1.82, 2.24) is 0 Å². The molecule has 9 rings (SSSR count). The lowest BCUT2D eigenvalue weighted by Crippen LogP contribution is -2.10. The maximum Gasteiger partial charge on any atom is 0.0462 e. The summed E-state index contributed by atoms with van der Waals surface area (Å²) in [6, 6.07) is 84.6. The van der Waals surface area contributed by atoms with E-state index in [2.05, 4.69) is 266 Å². The molecule has 0 aliphatic carbocycles. The molecule has 0 amide bonds. The number of allylic oxidation sites excluding steroid dienone is 4. The molecule has 0 aliphatic rings. The van der Waals surface area contributed by atoms with Crippen LogP contribution in [0.2, 0.25) is 0 Å². The molecule has 0 heterocycles. The zero-order valence-corrected chi connectivity index (χ0v) is 36.6. The monoisotopic (exact) mass is 824 g/mol. The molecule has 64 heavy (non-hydrogen) atoms. The van der Waals surface area contributed by atoms with E-state index in [1.807, 2.05) is 19.9 Å². The van der Waals surface area contributed by atoms with Crippen molar-refractivity contribution in [3.8, 4) is 44.5 Å². The molecule has 0 saturated carbocycles. The summed E-state index contributed by atoms with van der Waals surface area (Å²) in [5.41, 5.74) is 18.4. The van der Waals surface area contributed by atoms with Crippen LogP contribution >= 0.6 is 0 Å². The van der Waals surface area contributed by atoms with E-state index in [1.165, 1.54) is 33.4 Å². The van der Waals surface area contributed by atoms with Gasteiger partial charge >= 0.3 is 0 Å². The molecule has 0 aliphatic heterocycles. The molecule has 310 valence electrons. The second-order valence-corrected chi connectivity index (χ2v) is 15.4. The van der Waals surface area contributed by atoms with E-state index in [1.54, 1.807) is 6.08 Å². The normalized spacial score (nSPS) is 10.9. The average Bonchev–Trinajstić information content (AvgIpc) is 3.37. The van der Waals surface area contributed by atoms with Gasteiger partial charge in [0.2, 0.25) is 0 Å². The Balaban J connectivity index is 0.00000182. The van der Waals surface area contributed by atoms with E-state index in [-0.39, 0.29) is 0 Å². The van der Waals surface area contributed by atoms with Gasteiger partial charge in [0.25, 0.3) is 0 Å². The number of para-hydroxylation sites is 1. The van der Waals surface area contributed by atoms with Gasteiger partial charge in [0.05, 0.1) is 0 Å². The highest BCUT2D eigenvalue weighted by atomic mass is 15.1. The van der Waals surface area contributed by atoms with Crippen LogP contribution in [-0.2, 0) is 0 Å². The molecule has 0 fully saturated rings. The smallest absolute Gasteiger partial charge is 0.0462 e. The summed E-state index contributed by atoms with van der Waals surface area (Å²) >= 11 is 0. The first-order valence-electron chi connectivity index (χ1n) is 21.8. The maximum atomic E-state index is 4.01. The van der Waals surface area contributed by atoms with Crippen molar-refractivity contribution in [3.63, 3.8) is 0 Å². The SMILES string of the molecule is C=C/C(=C\C)c1ccc(N(c2ccc(-c3ccccc3)cc2)c2ccc(-c3ccc(N(c4ccccc4)c4ccc(-c5ccc(-c6ccccc6)cc5)cc4)cc3)cc2)cc1.C=CC. The van der Waals surface area contributed by atoms with E-state index >= 15 is 0 Å². The molecule has 9 aromatic carbocycles. The van der Waals surface area contributed by atoms with Crippen LogP contribution in [0.25, 0.3) is 50.1 Å². The fourth-order valence-electron chi connectivity index (χ4n) is 8.00. The van der Waals surface area contributed by atoms with E-state index in [9.17, 15) is 0 Å².